The van der Waals surface area contributed by atoms with Crippen LogP contribution < -0.4 is 20.6 Å². The van der Waals surface area contributed by atoms with E-state index in [0.29, 0.717) is 45.9 Å². The van der Waals surface area contributed by atoms with Gasteiger partial charge in [0.25, 0.3) is 5.91 Å². The van der Waals surface area contributed by atoms with Crippen molar-refractivity contribution in [3.05, 3.63) is 69.2 Å². The van der Waals surface area contributed by atoms with Crippen molar-refractivity contribution in [3.8, 4) is 17.3 Å². The van der Waals surface area contributed by atoms with E-state index in [0.717, 1.165) is 13.1 Å². The normalized spacial score (nSPS) is 11.4. The number of rotatable bonds is 13. The van der Waals surface area contributed by atoms with Crippen molar-refractivity contribution in [2.75, 3.05) is 25.4 Å². The minimum absolute atomic E-state index is 0.0118. The summed E-state index contributed by atoms with van der Waals surface area (Å²) < 4.78 is 32.1. The van der Waals surface area contributed by atoms with E-state index in [-0.39, 0.29) is 29.8 Å². The number of aromatic nitrogens is 5. The summed E-state index contributed by atoms with van der Waals surface area (Å²) in [5.74, 6) is -0.138. The zero-order valence-electron chi connectivity index (χ0n) is 22.7. The number of hydrazone groups is 1. The molecule has 2 heterocycles. The molecule has 3 N–H and O–H groups in total. The van der Waals surface area contributed by atoms with E-state index in [1.54, 1.807) is 30.3 Å². The Labute approximate surface area is 243 Å². The van der Waals surface area contributed by atoms with Gasteiger partial charge in [-0.1, -0.05) is 37.3 Å². The molecule has 41 heavy (non-hydrogen) atoms. The fraction of sp³-hybridized carbons (Fsp3) is 0.308. The van der Waals surface area contributed by atoms with Gasteiger partial charge in [0.05, 0.1) is 17.3 Å². The molecule has 4 rings (SSSR count). The molecule has 13 nitrogen and oxygen atoms in total. The summed E-state index contributed by atoms with van der Waals surface area (Å²) in [6.07, 6.45) is 1.44. The van der Waals surface area contributed by atoms with Crippen molar-refractivity contribution in [1.29, 1.82) is 0 Å². The Morgan fingerprint density at radius 2 is 2.00 bits per heavy atom. The van der Waals surface area contributed by atoms with Crippen molar-refractivity contribution in [2.24, 2.45) is 5.10 Å². The van der Waals surface area contributed by atoms with Gasteiger partial charge in [-0.3, -0.25) is 9.69 Å². The van der Waals surface area contributed by atoms with E-state index in [1.165, 1.54) is 17.0 Å². The molecular formula is C26H29BrFN9O4. The van der Waals surface area contributed by atoms with E-state index in [1.807, 2.05) is 20.8 Å². The third-order valence-corrected chi connectivity index (χ3v) is 6.55. The van der Waals surface area contributed by atoms with Crippen LogP contribution in [-0.2, 0) is 13.2 Å². The average Bonchev–Trinajstić information content (AvgIpc) is 3.57. The average molecular weight is 630 g/mol. The van der Waals surface area contributed by atoms with Crippen LogP contribution in [0.2, 0.25) is 0 Å². The summed E-state index contributed by atoms with van der Waals surface area (Å²) >= 11 is 3.49. The number of halogens is 2. The molecule has 2 aromatic carbocycles. The maximum Gasteiger partial charge on any atom is 0.292 e. The van der Waals surface area contributed by atoms with Gasteiger partial charge in [0.2, 0.25) is 11.6 Å². The Balaban J connectivity index is 1.55. The summed E-state index contributed by atoms with van der Waals surface area (Å²) in [5, 5.41) is 19.6. The lowest BCUT2D eigenvalue weighted by atomic mass is 10.2. The van der Waals surface area contributed by atoms with Gasteiger partial charge in [-0.05, 0) is 70.0 Å². The lowest BCUT2D eigenvalue weighted by Gasteiger charge is -2.16. The zero-order chi connectivity index (χ0) is 29.4. The molecule has 2 aromatic heterocycles. The van der Waals surface area contributed by atoms with Crippen molar-refractivity contribution in [2.45, 2.75) is 33.9 Å². The second-order valence-corrected chi connectivity index (χ2v) is 9.43. The molecule has 0 fully saturated rings. The number of carbonyl (C=O) groups is 1. The van der Waals surface area contributed by atoms with Gasteiger partial charge in [0, 0.05) is 12.1 Å². The van der Waals surface area contributed by atoms with Gasteiger partial charge in [0.1, 0.15) is 18.1 Å². The molecule has 0 aliphatic rings. The number of ether oxygens (including phenoxy) is 2. The molecule has 0 radical (unpaired) electrons. The van der Waals surface area contributed by atoms with Gasteiger partial charge < -0.3 is 15.2 Å². The summed E-state index contributed by atoms with van der Waals surface area (Å²) in [4.78, 5) is 15.4. The Morgan fingerprint density at radius 1 is 1.22 bits per heavy atom. The van der Waals surface area contributed by atoms with Gasteiger partial charge in [-0.15, -0.1) is 5.10 Å². The first kappa shape index (κ1) is 29.6. The second-order valence-electron chi connectivity index (χ2n) is 8.57. The van der Waals surface area contributed by atoms with E-state index in [4.69, 9.17) is 15.2 Å². The summed E-state index contributed by atoms with van der Waals surface area (Å²) in [7, 11) is 0. The number of hydrogen-bond donors (Lipinski definition) is 2. The quantitative estimate of drug-likeness (QED) is 0.165. The lowest BCUT2D eigenvalue weighted by molar-refractivity contribution is 0.0945. The van der Waals surface area contributed by atoms with E-state index < -0.39 is 5.91 Å². The first-order valence-corrected chi connectivity index (χ1v) is 13.6. The summed E-state index contributed by atoms with van der Waals surface area (Å²) in [6.45, 7) is 8.07. The number of nitrogens with two attached hydrogens (primary N) is 1. The molecule has 1 amide bonds. The number of nitrogens with one attached hydrogen (secondary N) is 1. The highest BCUT2D eigenvalue weighted by Crippen LogP contribution is 2.37. The third-order valence-electron chi connectivity index (χ3n) is 5.96. The lowest BCUT2D eigenvalue weighted by Crippen LogP contribution is -2.27. The highest BCUT2D eigenvalue weighted by atomic mass is 79.9. The Bertz CT molecular complexity index is 1520. The molecule has 4 aromatic rings. The topological polar surface area (TPSA) is 159 Å². The van der Waals surface area contributed by atoms with Crippen LogP contribution in [0.5, 0.6) is 11.5 Å². The molecule has 0 bridgehead atoms. The molecule has 0 spiro atoms. The number of anilines is 1. The first-order valence-electron chi connectivity index (χ1n) is 12.8. The monoisotopic (exact) mass is 629 g/mol. The van der Waals surface area contributed by atoms with Crippen LogP contribution in [-0.4, -0.2) is 62.0 Å². The van der Waals surface area contributed by atoms with Gasteiger partial charge >= 0.3 is 0 Å². The van der Waals surface area contributed by atoms with Crippen LogP contribution in [0.25, 0.3) is 5.82 Å². The van der Waals surface area contributed by atoms with Crippen LogP contribution in [0.3, 0.4) is 0 Å². The highest BCUT2D eigenvalue weighted by molar-refractivity contribution is 9.10. The number of hydrogen-bond acceptors (Lipinski definition) is 11. The van der Waals surface area contributed by atoms with Crippen LogP contribution in [0.4, 0.5) is 10.2 Å². The smallest absolute Gasteiger partial charge is 0.292 e. The number of amides is 1. The number of nitrogen functional groups attached to an aromatic ring is 1. The van der Waals surface area contributed by atoms with Crippen molar-refractivity contribution < 1.29 is 23.3 Å². The third kappa shape index (κ3) is 7.05. The van der Waals surface area contributed by atoms with Gasteiger partial charge in [-0.2, -0.15) is 9.78 Å². The van der Waals surface area contributed by atoms with Crippen molar-refractivity contribution in [1.82, 2.24) is 35.6 Å². The van der Waals surface area contributed by atoms with Crippen LogP contribution in [0, 0.1) is 5.82 Å². The Morgan fingerprint density at radius 3 is 2.68 bits per heavy atom. The van der Waals surface area contributed by atoms with Crippen LogP contribution in [0.15, 0.2) is 50.6 Å². The van der Waals surface area contributed by atoms with Crippen LogP contribution >= 0.6 is 15.9 Å². The molecule has 0 aliphatic heterocycles. The van der Waals surface area contributed by atoms with E-state index in [2.05, 4.69) is 56.6 Å². The maximum absolute atomic E-state index is 14.1. The van der Waals surface area contributed by atoms with Crippen molar-refractivity contribution >= 4 is 33.9 Å². The Kier molecular flexibility index (Phi) is 9.97. The molecule has 15 heteroatoms. The van der Waals surface area contributed by atoms with Gasteiger partial charge in [-0.25, -0.2) is 14.4 Å². The Hall–Kier alpha value is -4.37. The summed E-state index contributed by atoms with van der Waals surface area (Å²) in [5.41, 5.74) is 9.84. The fourth-order valence-corrected chi connectivity index (χ4v) is 4.42. The maximum atomic E-state index is 14.1. The number of benzene rings is 2. The van der Waals surface area contributed by atoms with Crippen molar-refractivity contribution in [3.63, 3.8) is 0 Å². The predicted molar refractivity (Wildman–Crippen MR) is 151 cm³/mol. The molecule has 216 valence electrons. The molecule has 0 atom stereocenters. The van der Waals surface area contributed by atoms with E-state index in [9.17, 15) is 9.18 Å². The second kappa shape index (κ2) is 13.8. The minimum Gasteiger partial charge on any atom is -0.490 e. The molecule has 0 saturated carbocycles. The molecular weight excluding hydrogens is 601 g/mol. The number of nitrogens with zero attached hydrogens (tertiary/aromatic N) is 7. The van der Waals surface area contributed by atoms with E-state index >= 15 is 0 Å². The predicted octanol–water partition coefficient (Wildman–Crippen LogP) is 3.72. The standard InChI is InChI=1S/C26H29BrFN9O4/c1-4-36(5-2)14-20-22(37(35-31-20)25-24(29)33-41-34-25)26(38)32-30-13-16-11-18(27)23(21(12-16)39-6-3)40-15-17-9-7-8-10-19(17)28/h7-13H,4-6,14-15H2,1-3H3,(H2,29,33)(H,32,38). The van der Waals surface area contributed by atoms with Crippen LogP contribution in [0.1, 0.15) is 48.1 Å². The molecule has 0 aliphatic carbocycles. The summed E-state index contributed by atoms with van der Waals surface area (Å²) in [6, 6.07) is 9.80. The molecule has 0 saturated heterocycles. The minimum atomic E-state index is -0.593. The number of carbonyl (C=O) groups excluding carboxylic acids is 1. The first-order chi connectivity index (χ1) is 19.9. The highest BCUT2D eigenvalue weighted by Gasteiger charge is 2.26. The SMILES string of the molecule is CCOc1cc(C=NNC(=O)c2c(CN(CC)CC)nnn2-c2nonc2N)cc(Br)c1OCc1ccccc1F. The molecule has 0 unspecified atom stereocenters. The fourth-order valence-electron chi connectivity index (χ4n) is 3.84. The van der Waals surface area contributed by atoms with Gasteiger partial charge in [0.15, 0.2) is 17.2 Å². The largest absolute Gasteiger partial charge is 0.490 e. The zero-order valence-corrected chi connectivity index (χ0v) is 24.3.